The number of hydrazone groups is 4. The lowest BCUT2D eigenvalue weighted by Crippen LogP contribution is -2.33. The van der Waals surface area contributed by atoms with Crippen molar-refractivity contribution < 1.29 is 0 Å². The first-order valence-corrected chi connectivity index (χ1v) is 14.2. The maximum absolute atomic E-state index is 4.94. The quantitative estimate of drug-likeness (QED) is 0.0657. The summed E-state index contributed by atoms with van der Waals surface area (Å²) in [6, 6.07) is 0. The van der Waals surface area contributed by atoms with Gasteiger partial charge in [-0.15, -0.1) is 0 Å². The van der Waals surface area contributed by atoms with E-state index in [1.54, 1.807) is 27.1 Å². The smallest absolute Gasteiger partial charge is 0.186 e. The Morgan fingerprint density at radius 3 is 1.12 bits per heavy atom. The van der Waals surface area contributed by atoms with Crippen LogP contribution in [0.5, 0.6) is 0 Å². The van der Waals surface area contributed by atoms with Crippen LogP contribution in [-0.4, -0.2) is 97.2 Å². The van der Waals surface area contributed by atoms with Crippen LogP contribution in [0, 0.1) is 0 Å². The number of hydrogen-bond acceptors (Lipinski definition) is 12. The molecule has 0 heterocycles. The maximum atomic E-state index is 4.94. The molecule has 0 aromatic carbocycles. The van der Waals surface area contributed by atoms with E-state index in [-0.39, 0.29) is 0 Å². The van der Waals surface area contributed by atoms with Crippen LogP contribution in [0.15, 0.2) is 20.4 Å². The van der Waals surface area contributed by atoms with Crippen molar-refractivity contribution in [1.82, 2.24) is 43.0 Å². The molecule has 0 aliphatic heterocycles. The fourth-order valence-electron chi connectivity index (χ4n) is 1.36. The number of nitrogens with one attached hydrogen (secondary N) is 8. The van der Waals surface area contributed by atoms with Gasteiger partial charge in [0, 0.05) is 52.9 Å². The molecular weight excluding hydrogens is 605 g/mol. The van der Waals surface area contributed by atoms with E-state index in [0.29, 0.717) is 58.1 Å². The lowest BCUT2D eigenvalue weighted by Gasteiger charge is -2.04. The van der Waals surface area contributed by atoms with Gasteiger partial charge in [-0.3, -0.25) is 21.7 Å². The largest absolute Gasteiger partial charge is 0.364 e. The molecule has 0 saturated carbocycles. The van der Waals surface area contributed by atoms with Gasteiger partial charge in [-0.25, -0.2) is 0 Å². The third-order valence-corrected chi connectivity index (χ3v) is 4.08. The summed E-state index contributed by atoms with van der Waals surface area (Å²) in [5.74, 6) is 0. The van der Waals surface area contributed by atoms with Gasteiger partial charge in [-0.05, 0) is 83.5 Å². The molecule has 0 aliphatic rings. The molecule has 41 heavy (non-hydrogen) atoms. The molecule has 0 amide bonds. The van der Waals surface area contributed by atoms with E-state index in [1.807, 2.05) is 20.8 Å². The van der Waals surface area contributed by atoms with Crippen molar-refractivity contribution in [3.05, 3.63) is 0 Å². The molecular formula is C21H50N16S4. The monoisotopic (exact) mass is 654 g/mol. The Morgan fingerprint density at radius 2 is 0.854 bits per heavy atom. The van der Waals surface area contributed by atoms with Crippen LogP contribution >= 0.6 is 48.9 Å². The zero-order valence-corrected chi connectivity index (χ0v) is 28.1. The number of nitrogens with two attached hydrogens (primary N) is 4. The second kappa shape index (κ2) is 37.3. The zero-order chi connectivity index (χ0) is 32.3. The summed E-state index contributed by atoms with van der Waals surface area (Å²) in [7, 11) is 1.71. The average molecular weight is 655 g/mol. The minimum absolute atomic E-state index is 0.445. The average Bonchev–Trinajstić information content (AvgIpc) is 2.96. The molecule has 0 unspecified atom stereocenters. The van der Waals surface area contributed by atoms with Crippen molar-refractivity contribution in [2.75, 3.05) is 52.9 Å². The topological polar surface area (TPSA) is 250 Å². The number of hydrogen-bond donors (Lipinski definition) is 12. The Balaban J connectivity index is -0.000000264. The van der Waals surface area contributed by atoms with Gasteiger partial charge < -0.3 is 44.2 Å². The van der Waals surface area contributed by atoms with Crippen LogP contribution in [0.25, 0.3) is 0 Å². The second-order valence-corrected chi connectivity index (χ2v) is 8.42. The second-order valence-electron chi connectivity index (χ2n) is 6.78. The molecule has 0 aliphatic carbocycles. The zero-order valence-electron chi connectivity index (χ0n) is 24.8. The van der Waals surface area contributed by atoms with E-state index in [0.717, 1.165) is 19.6 Å². The fraction of sp³-hybridized carbons (Fsp3) is 0.619. The molecule has 20 heteroatoms. The number of nitrogens with zero attached hydrogens (tertiary/aromatic N) is 4. The molecule has 0 aromatic heterocycles. The van der Waals surface area contributed by atoms with E-state index < -0.39 is 0 Å². The van der Waals surface area contributed by atoms with Crippen LogP contribution in [0.1, 0.15) is 34.6 Å². The molecule has 0 atom stereocenters. The first-order valence-electron chi connectivity index (χ1n) is 12.6. The van der Waals surface area contributed by atoms with E-state index in [2.05, 4.69) is 63.4 Å². The van der Waals surface area contributed by atoms with E-state index >= 15 is 0 Å². The Bertz CT molecular complexity index is 794. The molecule has 16 N–H and O–H groups in total. The van der Waals surface area contributed by atoms with Crippen LogP contribution in [-0.2, 0) is 0 Å². The minimum Gasteiger partial charge on any atom is -0.364 e. The third kappa shape index (κ3) is 44.5. The first kappa shape index (κ1) is 45.3. The maximum Gasteiger partial charge on any atom is 0.186 e. The normalized spacial score (nSPS) is 10.4. The highest BCUT2D eigenvalue weighted by atomic mass is 32.1. The highest BCUT2D eigenvalue weighted by molar-refractivity contribution is 7.80. The third-order valence-electron chi connectivity index (χ3n) is 3.07. The molecule has 0 saturated heterocycles. The summed E-state index contributed by atoms with van der Waals surface area (Å²) < 4.78 is 0. The highest BCUT2D eigenvalue weighted by Gasteiger charge is 1.92. The Labute approximate surface area is 266 Å². The van der Waals surface area contributed by atoms with E-state index in [1.165, 1.54) is 6.21 Å². The van der Waals surface area contributed by atoms with Gasteiger partial charge in [0.2, 0.25) is 0 Å². The molecule has 0 bridgehead atoms. The predicted molar refractivity (Wildman–Crippen MR) is 192 cm³/mol. The van der Waals surface area contributed by atoms with Crippen molar-refractivity contribution in [2.24, 2.45) is 43.3 Å². The highest BCUT2D eigenvalue weighted by Crippen LogP contribution is 1.74. The molecule has 16 nitrogen and oxygen atoms in total. The molecule has 0 fully saturated rings. The van der Waals surface area contributed by atoms with Crippen LogP contribution in [0.3, 0.4) is 0 Å². The summed E-state index contributed by atoms with van der Waals surface area (Å²) in [6.07, 6.45) is 3.08. The lowest BCUT2D eigenvalue weighted by molar-refractivity contribution is 0.899. The Morgan fingerprint density at radius 1 is 0.561 bits per heavy atom. The van der Waals surface area contributed by atoms with Crippen molar-refractivity contribution in [1.29, 1.82) is 0 Å². The van der Waals surface area contributed by atoms with Crippen molar-refractivity contribution in [3.8, 4) is 0 Å². The summed E-state index contributed by atoms with van der Waals surface area (Å²) in [6.45, 7) is 14.1. The Hall–Kier alpha value is -2.72. The van der Waals surface area contributed by atoms with E-state index in [4.69, 9.17) is 71.8 Å². The number of rotatable bonds is 11. The van der Waals surface area contributed by atoms with Crippen molar-refractivity contribution in [2.45, 2.75) is 34.6 Å². The predicted octanol–water partition coefficient (Wildman–Crippen LogP) is -1.95. The molecule has 0 rings (SSSR count). The van der Waals surface area contributed by atoms with Gasteiger partial charge in [0.15, 0.2) is 20.4 Å². The molecule has 238 valence electrons. The van der Waals surface area contributed by atoms with Crippen molar-refractivity contribution >= 4 is 93.2 Å². The van der Waals surface area contributed by atoms with Crippen molar-refractivity contribution in [3.63, 3.8) is 0 Å². The summed E-state index contributed by atoms with van der Waals surface area (Å²) in [5.41, 5.74) is 31.6. The van der Waals surface area contributed by atoms with Crippen LogP contribution in [0.2, 0.25) is 0 Å². The van der Waals surface area contributed by atoms with Gasteiger partial charge in [-0.1, -0.05) is 0 Å². The summed E-state index contributed by atoms with van der Waals surface area (Å²) in [4.78, 5) is 0. The standard InChI is InChI=1S/C9H18N6S2.C8H16N6S2.2C2H8N2/c1-4-10-8(16)14-12-6-7(3)13-15-9(17)11-5-2;1-4-10-8(16)14-12-6(2)5-11-13-7(15)9-3;2*3-1-2-4/h6H,4-5H2,1-3H3,(H2,10,14,16)(H2,11,15,17);5H,4H2,1-3H3,(H2,9,13,15)(H2,10,14,16);2*1-4H2/b12-6+,13-7+;11-5+,12-6+;;. The van der Waals surface area contributed by atoms with Crippen LogP contribution < -0.4 is 65.9 Å². The summed E-state index contributed by atoms with van der Waals surface area (Å²) >= 11 is 19.6. The fourth-order valence-corrected chi connectivity index (χ4v) is 1.99. The van der Waals surface area contributed by atoms with Gasteiger partial charge in [0.1, 0.15) is 0 Å². The van der Waals surface area contributed by atoms with Gasteiger partial charge in [0.05, 0.1) is 23.9 Å². The molecule has 0 radical (unpaired) electrons. The summed E-state index contributed by atoms with van der Waals surface area (Å²) in [5, 5.41) is 29.1. The molecule has 0 spiro atoms. The first-order chi connectivity index (χ1) is 19.5. The van der Waals surface area contributed by atoms with Gasteiger partial charge in [0.25, 0.3) is 0 Å². The SMILES string of the molecule is CCNC(=S)N/N=C(C)/C=N/NC(=S)NC.CCNC(=S)N/N=C/C(C)=N/NC(=S)NCC.NCCN.NCCN. The number of thiocarbonyl (C=S) groups is 4. The van der Waals surface area contributed by atoms with Crippen LogP contribution in [0.4, 0.5) is 0 Å². The Kier molecular flexibility index (Phi) is 41.2. The molecule has 0 aromatic rings. The van der Waals surface area contributed by atoms with Gasteiger partial charge in [-0.2, -0.15) is 20.4 Å². The van der Waals surface area contributed by atoms with E-state index in [9.17, 15) is 0 Å². The lowest BCUT2D eigenvalue weighted by atomic mass is 10.5. The minimum atomic E-state index is 0.445. The van der Waals surface area contributed by atoms with Gasteiger partial charge >= 0.3 is 0 Å².